The Kier molecular flexibility index (Phi) is 3.96. The Labute approximate surface area is 143 Å². The molecule has 0 atom stereocenters. The average Bonchev–Trinajstić information content (AvgIpc) is 2.87. The molecule has 3 nitrogen and oxygen atoms in total. The monoisotopic (exact) mass is 320 g/mol. The lowest BCUT2D eigenvalue weighted by molar-refractivity contribution is 0.359. The summed E-state index contributed by atoms with van der Waals surface area (Å²) in [7, 11) is 0. The van der Waals surface area contributed by atoms with Crippen LogP contribution >= 0.6 is 0 Å². The van der Waals surface area contributed by atoms with Crippen LogP contribution in [0.3, 0.4) is 0 Å². The molecule has 124 valence electrons. The van der Waals surface area contributed by atoms with E-state index in [9.17, 15) is 5.11 Å². The highest BCUT2D eigenvalue weighted by atomic mass is 16.3. The van der Waals surface area contributed by atoms with Crippen LogP contribution < -0.4 is 0 Å². The van der Waals surface area contributed by atoms with Crippen molar-refractivity contribution < 1.29 is 5.11 Å². The minimum absolute atomic E-state index is 0.234. The zero-order chi connectivity index (χ0) is 17.5. The van der Waals surface area contributed by atoms with Crippen LogP contribution in [0.15, 0.2) is 48.5 Å². The average molecular weight is 320 g/mol. The van der Waals surface area contributed by atoms with Gasteiger partial charge in [-0.3, -0.25) is 4.68 Å². The highest BCUT2D eigenvalue weighted by molar-refractivity contribution is 5.78. The Balaban J connectivity index is 2.23. The molecule has 24 heavy (non-hydrogen) atoms. The first-order chi connectivity index (χ1) is 11.3. The van der Waals surface area contributed by atoms with Gasteiger partial charge in [-0.2, -0.15) is 5.10 Å². The molecule has 3 rings (SSSR count). The van der Waals surface area contributed by atoms with Gasteiger partial charge in [-0.15, -0.1) is 0 Å². The van der Waals surface area contributed by atoms with Crippen molar-refractivity contribution in [3.63, 3.8) is 0 Å². The largest absolute Gasteiger partial charge is 0.504 e. The molecule has 0 aliphatic rings. The fraction of sp³-hybridized carbons (Fsp3) is 0.286. The van der Waals surface area contributed by atoms with Gasteiger partial charge < -0.3 is 5.11 Å². The molecule has 2 aromatic carbocycles. The summed E-state index contributed by atoms with van der Waals surface area (Å²) in [6.45, 7) is 10.4. The second kappa shape index (κ2) is 5.82. The Bertz CT molecular complexity index is 851. The van der Waals surface area contributed by atoms with Crippen LogP contribution in [0.25, 0.3) is 22.5 Å². The van der Waals surface area contributed by atoms with E-state index < -0.39 is 0 Å². The van der Waals surface area contributed by atoms with Crippen LogP contribution in [0.4, 0.5) is 0 Å². The normalized spacial score (nSPS) is 11.7. The van der Waals surface area contributed by atoms with Crippen LogP contribution in [0.2, 0.25) is 0 Å². The first kappa shape index (κ1) is 16.3. The Hall–Kier alpha value is -2.55. The first-order valence-corrected chi connectivity index (χ1v) is 8.24. The summed E-state index contributed by atoms with van der Waals surface area (Å²) < 4.78 is 1.92. The SMILES string of the molecule is Cc1ccc(-c2nn(C(C)(C)C)c(-c3ccc(C)cc3)c2O)cc1. The van der Waals surface area contributed by atoms with E-state index in [1.807, 2.05) is 41.1 Å². The fourth-order valence-electron chi connectivity index (χ4n) is 2.77. The Morgan fingerprint density at radius 1 is 0.792 bits per heavy atom. The molecular formula is C21H24N2O. The van der Waals surface area contributed by atoms with Gasteiger partial charge in [0.05, 0.1) is 5.54 Å². The Morgan fingerprint density at radius 3 is 1.71 bits per heavy atom. The van der Waals surface area contributed by atoms with Gasteiger partial charge in [0, 0.05) is 11.1 Å². The van der Waals surface area contributed by atoms with Crippen molar-refractivity contribution in [2.75, 3.05) is 0 Å². The van der Waals surface area contributed by atoms with Gasteiger partial charge in [0.25, 0.3) is 0 Å². The third-order valence-electron chi connectivity index (χ3n) is 4.15. The molecule has 3 aromatic rings. The molecule has 0 saturated heterocycles. The number of benzene rings is 2. The first-order valence-electron chi connectivity index (χ1n) is 8.24. The van der Waals surface area contributed by atoms with Crippen molar-refractivity contribution in [1.82, 2.24) is 9.78 Å². The number of aryl methyl sites for hydroxylation is 2. The third-order valence-corrected chi connectivity index (χ3v) is 4.15. The van der Waals surface area contributed by atoms with Gasteiger partial charge in [-0.25, -0.2) is 0 Å². The van der Waals surface area contributed by atoms with Crippen molar-refractivity contribution in [3.8, 4) is 28.3 Å². The van der Waals surface area contributed by atoms with Crippen molar-refractivity contribution in [2.45, 2.75) is 40.2 Å². The highest BCUT2D eigenvalue weighted by Gasteiger charge is 2.26. The van der Waals surface area contributed by atoms with Crippen molar-refractivity contribution in [1.29, 1.82) is 0 Å². The minimum Gasteiger partial charge on any atom is -0.504 e. The molecule has 0 bridgehead atoms. The molecule has 1 N–H and O–H groups in total. The molecule has 0 fully saturated rings. The van der Waals surface area contributed by atoms with Gasteiger partial charge in [-0.1, -0.05) is 59.7 Å². The van der Waals surface area contributed by atoms with E-state index in [1.165, 1.54) is 11.1 Å². The number of aromatic nitrogens is 2. The summed E-state index contributed by atoms with van der Waals surface area (Å²) in [4.78, 5) is 0. The zero-order valence-corrected chi connectivity index (χ0v) is 15.0. The molecule has 0 spiro atoms. The van der Waals surface area contributed by atoms with Crippen LogP contribution in [0.5, 0.6) is 5.75 Å². The summed E-state index contributed by atoms with van der Waals surface area (Å²) in [5.74, 6) is 0.234. The van der Waals surface area contributed by atoms with Gasteiger partial charge in [-0.05, 0) is 34.6 Å². The lowest BCUT2D eigenvalue weighted by Crippen LogP contribution is -2.24. The maximum Gasteiger partial charge on any atom is 0.169 e. The quantitative estimate of drug-likeness (QED) is 0.696. The summed E-state index contributed by atoms with van der Waals surface area (Å²) in [5.41, 5.74) is 5.43. The summed E-state index contributed by atoms with van der Waals surface area (Å²) in [6.07, 6.45) is 0. The molecule has 0 unspecified atom stereocenters. The number of hydrogen-bond donors (Lipinski definition) is 1. The number of nitrogens with zero attached hydrogens (tertiary/aromatic N) is 2. The van der Waals surface area contributed by atoms with Gasteiger partial charge in [0.1, 0.15) is 11.4 Å². The minimum atomic E-state index is -0.235. The second-order valence-electron chi connectivity index (χ2n) is 7.36. The number of hydrogen-bond acceptors (Lipinski definition) is 2. The van der Waals surface area contributed by atoms with Crippen molar-refractivity contribution in [3.05, 3.63) is 59.7 Å². The number of rotatable bonds is 2. The van der Waals surface area contributed by atoms with Crippen LogP contribution in [0.1, 0.15) is 31.9 Å². The molecule has 1 aromatic heterocycles. The van der Waals surface area contributed by atoms with Crippen LogP contribution in [0, 0.1) is 13.8 Å². The molecule has 1 heterocycles. The van der Waals surface area contributed by atoms with Gasteiger partial charge >= 0.3 is 0 Å². The molecule has 0 saturated carbocycles. The maximum atomic E-state index is 10.9. The molecule has 0 radical (unpaired) electrons. The topological polar surface area (TPSA) is 38.0 Å². The second-order valence-corrected chi connectivity index (χ2v) is 7.36. The zero-order valence-electron chi connectivity index (χ0n) is 15.0. The summed E-state index contributed by atoms with van der Waals surface area (Å²) in [5, 5.41) is 15.7. The van der Waals surface area contributed by atoms with E-state index in [4.69, 9.17) is 5.10 Å². The fourth-order valence-corrected chi connectivity index (χ4v) is 2.77. The lowest BCUT2D eigenvalue weighted by atomic mass is 10.0. The Morgan fingerprint density at radius 2 is 1.25 bits per heavy atom. The van der Waals surface area contributed by atoms with Crippen LogP contribution in [-0.2, 0) is 5.54 Å². The van der Waals surface area contributed by atoms with E-state index in [0.717, 1.165) is 16.8 Å². The summed E-state index contributed by atoms with van der Waals surface area (Å²) in [6, 6.07) is 16.3. The third kappa shape index (κ3) is 2.94. The van der Waals surface area contributed by atoms with Crippen LogP contribution in [-0.4, -0.2) is 14.9 Å². The molecule has 0 amide bonds. The van der Waals surface area contributed by atoms with Crippen molar-refractivity contribution >= 4 is 0 Å². The van der Waals surface area contributed by atoms with Gasteiger partial charge in [0.2, 0.25) is 0 Å². The van der Waals surface area contributed by atoms with E-state index >= 15 is 0 Å². The van der Waals surface area contributed by atoms with E-state index in [0.29, 0.717) is 5.69 Å². The molecule has 0 aliphatic heterocycles. The molecule has 3 heteroatoms. The van der Waals surface area contributed by atoms with Gasteiger partial charge in [0.15, 0.2) is 5.75 Å². The molecular weight excluding hydrogens is 296 g/mol. The van der Waals surface area contributed by atoms with E-state index in [2.05, 4.69) is 46.8 Å². The standard InChI is InChI=1S/C21H24N2O/c1-14-6-10-16(11-7-14)18-20(24)19(23(22-18)21(3,4)5)17-12-8-15(2)9-13-17/h6-13,24H,1-5H3. The van der Waals surface area contributed by atoms with E-state index in [1.54, 1.807) is 0 Å². The predicted octanol–water partition coefficient (Wildman–Crippen LogP) is 5.29. The number of aromatic hydroxyl groups is 1. The predicted molar refractivity (Wildman–Crippen MR) is 99.2 cm³/mol. The lowest BCUT2D eigenvalue weighted by Gasteiger charge is -2.22. The van der Waals surface area contributed by atoms with Crippen molar-refractivity contribution in [2.24, 2.45) is 0 Å². The smallest absolute Gasteiger partial charge is 0.169 e. The summed E-state index contributed by atoms with van der Waals surface area (Å²) >= 11 is 0. The van der Waals surface area contributed by atoms with E-state index in [-0.39, 0.29) is 11.3 Å². The molecule has 0 aliphatic carbocycles. The highest BCUT2D eigenvalue weighted by Crippen LogP contribution is 2.40. The maximum absolute atomic E-state index is 10.9.